The van der Waals surface area contributed by atoms with Crippen molar-refractivity contribution in [1.29, 1.82) is 0 Å². The van der Waals surface area contributed by atoms with Crippen molar-refractivity contribution in [3.05, 3.63) is 59.2 Å². The highest BCUT2D eigenvalue weighted by Gasteiger charge is 2.19. The predicted octanol–water partition coefficient (Wildman–Crippen LogP) is 3.19. The van der Waals surface area contributed by atoms with Crippen molar-refractivity contribution in [2.75, 3.05) is 22.4 Å². The van der Waals surface area contributed by atoms with Crippen LogP contribution in [0, 0.1) is 13.8 Å². The van der Waals surface area contributed by atoms with E-state index >= 15 is 0 Å². The number of amides is 1. The smallest absolute Gasteiger partial charge is 0.335 e. The zero-order chi connectivity index (χ0) is 20.9. The van der Waals surface area contributed by atoms with Crippen LogP contribution in [0.5, 0.6) is 0 Å². The highest BCUT2D eigenvalue weighted by Crippen LogP contribution is 2.24. The third-order valence-corrected chi connectivity index (χ3v) is 5.39. The summed E-state index contributed by atoms with van der Waals surface area (Å²) in [7, 11) is -3.48. The van der Waals surface area contributed by atoms with E-state index in [2.05, 4.69) is 5.32 Å². The van der Waals surface area contributed by atoms with E-state index in [9.17, 15) is 18.0 Å². The number of benzene rings is 2. The molecule has 0 bridgehead atoms. The molecule has 0 aliphatic heterocycles. The molecule has 2 aromatic rings. The first-order chi connectivity index (χ1) is 13.1. The predicted molar refractivity (Wildman–Crippen MR) is 109 cm³/mol. The van der Waals surface area contributed by atoms with Crippen LogP contribution in [-0.2, 0) is 14.8 Å². The lowest BCUT2D eigenvalue weighted by atomic mass is 10.1. The highest BCUT2D eigenvalue weighted by molar-refractivity contribution is 7.92. The Hall–Kier alpha value is -2.87. The van der Waals surface area contributed by atoms with Crippen LogP contribution in [-0.4, -0.2) is 38.2 Å². The van der Waals surface area contributed by atoms with Gasteiger partial charge in [0.15, 0.2) is 0 Å². The largest absolute Gasteiger partial charge is 0.478 e. The summed E-state index contributed by atoms with van der Waals surface area (Å²) >= 11 is 0. The van der Waals surface area contributed by atoms with Gasteiger partial charge in [-0.2, -0.15) is 0 Å². The van der Waals surface area contributed by atoms with E-state index in [0.29, 0.717) is 17.8 Å². The number of carbonyl (C=O) groups is 2. The number of carboxylic acids is 1. The molecule has 0 saturated heterocycles. The molecular formula is C20H24N2O5S. The molecule has 2 aromatic carbocycles. The minimum atomic E-state index is -3.48. The molecule has 2 rings (SSSR count). The fourth-order valence-electron chi connectivity index (χ4n) is 2.76. The topological polar surface area (TPSA) is 104 Å². The summed E-state index contributed by atoms with van der Waals surface area (Å²) < 4.78 is 25.8. The number of nitrogens with zero attached hydrogens (tertiary/aromatic N) is 1. The first kappa shape index (κ1) is 21.4. The molecule has 0 atom stereocenters. The second-order valence-corrected chi connectivity index (χ2v) is 8.57. The molecule has 28 heavy (non-hydrogen) atoms. The molecule has 1 amide bonds. The van der Waals surface area contributed by atoms with Crippen LogP contribution in [0.2, 0.25) is 0 Å². The van der Waals surface area contributed by atoms with Crippen molar-refractivity contribution in [1.82, 2.24) is 0 Å². The fourth-order valence-corrected chi connectivity index (χ4v) is 3.77. The van der Waals surface area contributed by atoms with Crippen molar-refractivity contribution < 1.29 is 23.1 Å². The number of carboxylic acid groups (broad SMARTS) is 1. The Bertz CT molecular complexity index is 969. The molecule has 0 spiro atoms. The molecule has 0 unspecified atom stereocenters. The normalized spacial score (nSPS) is 11.1. The summed E-state index contributed by atoms with van der Waals surface area (Å²) in [6.45, 7) is 3.93. The maximum atomic E-state index is 12.2. The Balaban J connectivity index is 1.99. The lowest BCUT2D eigenvalue weighted by Crippen LogP contribution is -2.32. The molecule has 0 aromatic heterocycles. The summed E-state index contributed by atoms with van der Waals surface area (Å²) in [5.41, 5.74) is 3.04. The van der Waals surface area contributed by atoms with Crippen molar-refractivity contribution in [2.45, 2.75) is 26.7 Å². The summed E-state index contributed by atoms with van der Waals surface area (Å²) in [4.78, 5) is 23.0. The number of rotatable bonds is 8. The number of anilines is 2. The molecule has 2 N–H and O–H groups in total. The zero-order valence-corrected chi connectivity index (χ0v) is 16.9. The van der Waals surface area contributed by atoms with Crippen LogP contribution < -0.4 is 9.62 Å². The lowest BCUT2D eigenvalue weighted by molar-refractivity contribution is -0.116. The van der Waals surface area contributed by atoms with Gasteiger partial charge in [-0.15, -0.1) is 0 Å². The molecular weight excluding hydrogens is 380 g/mol. The highest BCUT2D eigenvalue weighted by atomic mass is 32.2. The van der Waals surface area contributed by atoms with Gasteiger partial charge in [0.05, 0.1) is 17.5 Å². The van der Waals surface area contributed by atoms with Crippen molar-refractivity contribution in [2.24, 2.45) is 0 Å². The van der Waals surface area contributed by atoms with Crippen LogP contribution in [0.25, 0.3) is 0 Å². The summed E-state index contributed by atoms with van der Waals surface area (Å²) in [5, 5.41) is 11.6. The van der Waals surface area contributed by atoms with E-state index in [-0.39, 0.29) is 24.4 Å². The average Bonchev–Trinajstić information content (AvgIpc) is 2.60. The summed E-state index contributed by atoms with van der Waals surface area (Å²) in [5.74, 6) is -1.30. The van der Waals surface area contributed by atoms with Gasteiger partial charge in [0.1, 0.15) is 0 Å². The molecule has 150 valence electrons. The van der Waals surface area contributed by atoms with Gasteiger partial charge in [-0.1, -0.05) is 12.1 Å². The van der Waals surface area contributed by atoms with Gasteiger partial charge < -0.3 is 10.4 Å². The Morgan fingerprint density at radius 2 is 1.71 bits per heavy atom. The van der Waals surface area contributed by atoms with Crippen molar-refractivity contribution in [3.63, 3.8) is 0 Å². The first-order valence-electron chi connectivity index (χ1n) is 8.76. The quantitative estimate of drug-likeness (QED) is 0.703. The number of sulfonamides is 1. The average molecular weight is 404 g/mol. The van der Waals surface area contributed by atoms with Crippen LogP contribution >= 0.6 is 0 Å². The van der Waals surface area contributed by atoms with Gasteiger partial charge >= 0.3 is 5.97 Å². The van der Waals surface area contributed by atoms with Crippen molar-refractivity contribution >= 4 is 33.3 Å². The molecule has 0 fully saturated rings. The Morgan fingerprint density at radius 1 is 1.07 bits per heavy atom. The molecule has 0 radical (unpaired) electrons. The molecule has 0 heterocycles. The van der Waals surface area contributed by atoms with E-state index in [4.69, 9.17) is 5.11 Å². The lowest BCUT2D eigenvalue weighted by Gasteiger charge is -2.24. The second-order valence-electron chi connectivity index (χ2n) is 6.66. The molecule has 0 aliphatic carbocycles. The van der Waals surface area contributed by atoms with Crippen LogP contribution in [0.3, 0.4) is 0 Å². The molecule has 8 heteroatoms. The molecule has 7 nitrogen and oxygen atoms in total. The minimum Gasteiger partial charge on any atom is -0.478 e. The Labute approximate surface area is 165 Å². The Kier molecular flexibility index (Phi) is 6.80. The summed E-state index contributed by atoms with van der Waals surface area (Å²) in [6.07, 6.45) is 1.63. The third-order valence-electron chi connectivity index (χ3n) is 4.21. The maximum absolute atomic E-state index is 12.2. The molecule has 0 aliphatic rings. The van der Waals surface area contributed by atoms with Crippen LogP contribution in [0.4, 0.5) is 11.4 Å². The standard InChI is InChI=1S/C20H24N2O5S/c1-14-6-7-15(2)18(13-14)22(28(3,26)27)12-4-5-19(23)21-17-10-8-16(9-11-17)20(24)25/h6-11,13H,4-5,12H2,1-3H3,(H,21,23)(H,24,25). The number of nitrogens with one attached hydrogen (secondary N) is 1. The number of carbonyl (C=O) groups excluding carboxylic acids is 1. The Morgan fingerprint density at radius 3 is 2.29 bits per heavy atom. The number of aryl methyl sites for hydroxylation is 2. The third kappa shape index (κ3) is 5.82. The monoisotopic (exact) mass is 404 g/mol. The number of hydrogen-bond acceptors (Lipinski definition) is 4. The fraction of sp³-hybridized carbons (Fsp3) is 0.300. The van der Waals surface area contributed by atoms with Gasteiger partial charge in [0, 0.05) is 18.7 Å². The van der Waals surface area contributed by atoms with E-state index in [1.807, 2.05) is 32.0 Å². The van der Waals surface area contributed by atoms with E-state index in [0.717, 1.165) is 17.4 Å². The van der Waals surface area contributed by atoms with Gasteiger partial charge in [-0.25, -0.2) is 13.2 Å². The number of hydrogen-bond donors (Lipinski definition) is 2. The first-order valence-corrected chi connectivity index (χ1v) is 10.6. The summed E-state index contributed by atoms with van der Waals surface area (Å²) in [6, 6.07) is 11.5. The van der Waals surface area contributed by atoms with Gasteiger partial charge in [-0.05, 0) is 61.7 Å². The van der Waals surface area contributed by atoms with Crippen LogP contribution in [0.1, 0.15) is 34.3 Å². The SMILES string of the molecule is Cc1ccc(C)c(N(CCCC(=O)Nc2ccc(C(=O)O)cc2)S(C)(=O)=O)c1. The van der Waals surface area contributed by atoms with Gasteiger partial charge in [0.2, 0.25) is 15.9 Å². The zero-order valence-electron chi connectivity index (χ0n) is 16.1. The van der Waals surface area contributed by atoms with E-state index in [1.165, 1.54) is 28.6 Å². The van der Waals surface area contributed by atoms with E-state index < -0.39 is 16.0 Å². The maximum Gasteiger partial charge on any atom is 0.335 e. The van der Waals surface area contributed by atoms with Crippen LogP contribution in [0.15, 0.2) is 42.5 Å². The van der Waals surface area contributed by atoms with E-state index in [1.54, 1.807) is 0 Å². The van der Waals surface area contributed by atoms with Crippen molar-refractivity contribution in [3.8, 4) is 0 Å². The molecule has 0 saturated carbocycles. The second kappa shape index (κ2) is 8.88. The van der Waals surface area contributed by atoms with Gasteiger partial charge in [0.25, 0.3) is 0 Å². The number of aromatic carboxylic acids is 1. The van der Waals surface area contributed by atoms with Gasteiger partial charge in [-0.3, -0.25) is 9.10 Å². The minimum absolute atomic E-state index is 0.135.